The number of rotatable bonds is 4. The highest BCUT2D eigenvalue weighted by Gasteiger charge is 2.14. The first-order valence-electron chi connectivity index (χ1n) is 6.42. The molecule has 0 bridgehead atoms. The smallest absolute Gasteiger partial charge is 0.252 e. The second kappa shape index (κ2) is 7.32. The Hall–Kier alpha value is -1.51. The zero-order valence-electron chi connectivity index (χ0n) is 11.3. The van der Waals surface area contributed by atoms with Gasteiger partial charge in [0.05, 0.1) is 26.2 Å². The standard InChI is InChI=1S/C12H18N4O3S/c1-9-8-20-12(13-9)6-10(17)14-15-11(18)7-16-2-4-19-5-3-16/h8H,2-7H2,1H3,(H,14,17)(H,15,18). The number of hydrogen-bond acceptors (Lipinski definition) is 6. The van der Waals surface area contributed by atoms with Gasteiger partial charge in [-0.1, -0.05) is 0 Å². The molecule has 2 rings (SSSR count). The summed E-state index contributed by atoms with van der Waals surface area (Å²) in [5, 5.41) is 2.63. The molecular weight excluding hydrogens is 280 g/mol. The van der Waals surface area contributed by atoms with Gasteiger partial charge in [-0.15, -0.1) is 11.3 Å². The van der Waals surface area contributed by atoms with E-state index in [9.17, 15) is 9.59 Å². The van der Waals surface area contributed by atoms with Gasteiger partial charge in [-0.3, -0.25) is 25.3 Å². The Labute approximate surface area is 121 Å². The summed E-state index contributed by atoms with van der Waals surface area (Å²) >= 11 is 1.43. The summed E-state index contributed by atoms with van der Waals surface area (Å²) in [5.41, 5.74) is 5.71. The van der Waals surface area contributed by atoms with Gasteiger partial charge in [0.1, 0.15) is 5.01 Å². The number of aromatic nitrogens is 1. The van der Waals surface area contributed by atoms with Crippen molar-refractivity contribution in [2.45, 2.75) is 13.3 Å². The van der Waals surface area contributed by atoms with Crippen LogP contribution in [0.3, 0.4) is 0 Å². The van der Waals surface area contributed by atoms with Crippen molar-refractivity contribution >= 4 is 23.2 Å². The SMILES string of the molecule is Cc1csc(CC(=O)NNC(=O)CN2CCOCC2)n1. The third-order valence-electron chi connectivity index (χ3n) is 2.79. The van der Waals surface area contributed by atoms with Gasteiger partial charge in [0.2, 0.25) is 5.91 Å². The molecule has 7 nitrogen and oxygen atoms in total. The molecule has 1 saturated heterocycles. The van der Waals surface area contributed by atoms with E-state index in [-0.39, 0.29) is 24.8 Å². The predicted octanol–water partition coefficient (Wildman–Crippen LogP) is -0.526. The molecule has 2 heterocycles. The summed E-state index contributed by atoms with van der Waals surface area (Å²) in [5.74, 6) is -0.495. The van der Waals surface area contributed by atoms with Crippen LogP contribution in [0.4, 0.5) is 0 Å². The van der Waals surface area contributed by atoms with E-state index in [1.165, 1.54) is 11.3 Å². The Morgan fingerprint density at radius 3 is 2.70 bits per heavy atom. The molecule has 110 valence electrons. The summed E-state index contributed by atoms with van der Waals surface area (Å²) in [4.78, 5) is 29.5. The van der Waals surface area contributed by atoms with Crippen LogP contribution in [0.25, 0.3) is 0 Å². The first-order valence-corrected chi connectivity index (χ1v) is 7.30. The van der Waals surface area contributed by atoms with Gasteiger partial charge in [0.25, 0.3) is 5.91 Å². The number of nitrogens with one attached hydrogen (secondary N) is 2. The van der Waals surface area contributed by atoms with Crippen molar-refractivity contribution in [3.63, 3.8) is 0 Å². The van der Waals surface area contributed by atoms with E-state index in [1.807, 2.05) is 17.2 Å². The lowest BCUT2D eigenvalue weighted by molar-refractivity contribution is -0.129. The van der Waals surface area contributed by atoms with Crippen molar-refractivity contribution in [3.8, 4) is 0 Å². The van der Waals surface area contributed by atoms with Gasteiger partial charge < -0.3 is 4.74 Å². The summed E-state index contributed by atoms with van der Waals surface area (Å²) in [6.45, 7) is 4.90. The molecule has 0 saturated carbocycles. The molecule has 0 aliphatic carbocycles. The highest BCUT2D eigenvalue weighted by atomic mass is 32.1. The van der Waals surface area contributed by atoms with E-state index in [1.54, 1.807) is 0 Å². The monoisotopic (exact) mass is 298 g/mol. The molecule has 1 aromatic heterocycles. The fraction of sp³-hybridized carbons (Fsp3) is 0.583. The van der Waals surface area contributed by atoms with Crippen LogP contribution < -0.4 is 10.9 Å². The van der Waals surface area contributed by atoms with Crippen LogP contribution in [0.2, 0.25) is 0 Å². The maximum Gasteiger partial charge on any atom is 0.252 e. The Balaban J connectivity index is 1.66. The highest BCUT2D eigenvalue weighted by molar-refractivity contribution is 7.09. The molecule has 0 aromatic carbocycles. The summed E-state index contributed by atoms with van der Waals surface area (Å²) in [7, 11) is 0. The predicted molar refractivity (Wildman–Crippen MR) is 74.1 cm³/mol. The number of aryl methyl sites for hydroxylation is 1. The van der Waals surface area contributed by atoms with E-state index < -0.39 is 0 Å². The van der Waals surface area contributed by atoms with E-state index in [0.29, 0.717) is 13.2 Å². The van der Waals surface area contributed by atoms with Crippen LogP contribution in [0.15, 0.2) is 5.38 Å². The zero-order valence-corrected chi connectivity index (χ0v) is 12.2. The largest absolute Gasteiger partial charge is 0.379 e. The average Bonchev–Trinajstić information content (AvgIpc) is 2.83. The summed E-state index contributed by atoms with van der Waals surface area (Å²) in [6.07, 6.45) is 0.177. The van der Waals surface area contributed by atoms with Crippen LogP contribution in [0, 0.1) is 6.92 Å². The number of carbonyl (C=O) groups is 2. The topological polar surface area (TPSA) is 83.6 Å². The fourth-order valence-corrected chi connectivity index (χ4v) is 2.58. The molecular formula is C12H18N4O3S. The minimum atomic E-state index is -0.269. The lowest BCUT2D eigenvalue weighted by atomic mass is 10.4. The van der Waals surface area contributed by atoms with Crippen LogP contribution >= 0.6 is 11.3 Å². The first kappa shape index (κ1) is 14.9. The second-order valence-electron chi connectivity index (χ2n) is 4.54. The molecule has 1 aliphatic heterocycles. The van der Waals surface area contributed by atoms with Gasteiger partial charge in [0.15, 0.2) is 0 Å². The van der Waals surface area contributed by atoms with Crippen molar-refractivity contribution in [1.29, 1.82) is 0 Å². The van der Waals surface area contributed by atoms with Gasteiger partial charge in [0, 0.05) is 24.2 Å². The molecule has 2 N–H and O–H groups in total. The van der Waals surface area contributed by atoms with Crippen molar-refractivity contribution in [2.24, 2.45) is 0 Å². The van der Waals surface area contributed by atoms with E-state index >= 15 is 0 Å². The molecule has 2 amide bonds. The van der Waals surface area contributed by atoms with Crippen molar-refractivity contribution in [2.75, 3.05) is 32.8 Å². The van der Waals surface area contributed by atoms with Gasteiger partial charge in [-0.05, 0) is 6.92 Å². The molecule has 8 heteroatoms. The highest BCUT2D eigenvalue weighted by Crippen LogP contribution is 2.08. The van der Waals surface area contributed by atoms with Crippen LogP contribution in [-0.4, -0.2) is 54.5 Å². The number of hydrazine groups is 1. The molecule has 0 spiro atoms. The molecule has 1 aromatic rings. The molecule has 0 unspecified atom stereocenters. The lowest BCUT2D eigenvalue weighted by Crippen LogP contribution is -2.48. The molecule has 1 aliphatic rings. The van der Waals surface area contributed by atoms with E-state index in [4.69, 9.17) is 4.74 Å². The first-order chi connectivity index (χ1) is 9.63. The molecule has 1 fully saturated rings. The summed E-state index contributed by atoms with van der Waals surface area (Å²) < 4.78 is 5.20. The average molecular weight is 298 g/mol. The number of ether oxygens (including phenoxy) is 1. The molecule has 20 heavy (non-hydrogen) atoms. The zero-order chi connectivity index (χ0) is 14.4. The van der Waals surface area contributed by atoms with Gasteiger partial charge in [-0.2, -0.15) is 0 Å². The van der Waals surface area contributed by atoms with E-state index in [2.05, 4.69) is 15.8 Å². The quantitative estimate of drug-likeness (QED) is 0.730. The maximum atomic E-state index is 11.7. The van der Waals surface area contributed by atoms with Crippen molar-refractivity contribution in [1.82, 2.24) is 20.7 Å². The maximum absolute atomic E-state index is 11.7. The fourth-order valence-electron chi connectivity index (χ4n) is 1.81. The Bertz CT molecular complexity index is 471. The number of thiazole rings is 1. The number of morpholine rings is 1. The Morgan fingerprint density at radius 1 is 1.35 bits per heavy atom. The number of hydrogen-bond donors (Lipinski definition) is 2. The van der Waals surface area contributed by atoms with Gasteiger partial charge >= 0.3 is 0 Å². The van der Waals surface area contributed by atoms with Crippen LogP contribution in [0.1, 0.15) is 10.7 Å². The lowest BCUT2D eigenvalue weighted by Gasteiger charge is -2.25. The van der Waals surface area contributed by atoms with Crippen LogP contribution in [0.5, 0.6) is 0 Å². The van der Waals surface area contributed by atoms with Crippen molar-refractivity contribution in [3.05, 3.63) is 16.1 Å². The van der Waals surface area contributed by atoms with Crippen LogP contribution in [-0.2, 0) is 20.7 Å². The number of nitrogens with zero attached hydrogens (tertiary/aromatic N) is 2. The van der Waals surface area contributed by atoms with Crippen molar-refractivity contribution < 1.29 is 14.3 Å². The Kier molecular flexibility index (Phi) is 5.45. The van der Waals surface area contributed by atoms with Gasteiger partial charge in [-0.25, -0.2) is 4.98 Å². The number of carbonyl (C=O) groups excluding carboxylic acids is 2. The minimum Gasteiger partial charge on any atom is -0.379 e. The molecule has 0 atom stereocenters. The third-order valence-corrected chi connectivity index (χ3v) is 3.76. The molecule has 0 radical (unpaired) electrons. The summed E-state index contributed by atoms with van der Waals surface area (Å²) in [6, 6.07) is 0. The minimum absolute atomic E-state index is 0.177. The second-order valence-corrected chi connectivity index (χ2v) is 5.49. The van der Waals surface area contributed by atoms with E-state index in [0.717, 1.165) is 23.8 Å². The third kappa shape index (κ3) is 4.87. The normalized spacial score (nSPS) is 15.8. The Morgan fingerprint density at radius 2 is 2.05 bits per heavy atom. The number of amides is 2.